The Bertz CT molecular complexity index is 638. The summed E-state index contributed by atoms with van der Waals surface area (Å²) in [7, 11) is 0. The topological polar surface area (TPSA) is 52.3 Å². The molecule has 0 bridgehead atoms. The monoisotopic (exact) mass is 352 g/mol. The van der Waals surface area contributed by atoms with E-state index in [-0.39, 0.29) is 0 Å². The molecular weight excluding hydrogens is 340 g/mol. The van der Waals surface area contributed by atoms with Gasteiger partial charge in [0.2, 0.25) is 5.16 Å². The molecule has 3 rings (SSSR count). The van der Waals surface area contributed by atoms with Gasteiger partial charge in [-0.15, -0.1) is 10.2 Å². The Morgan fingerprint density at radius 1 is 1.30 bits per heavy atom. The molecule has 1 aliphatic rings. The molecule has 104 valence electrons. The smallest absolute Gasteiger partial charge is 0.212 e. The average molecular weight is 353 g/mol. The molecule has 0 aliphatic carbocycles. The van der Waals surface area contributed by atoms with Crippen molar-refractivity contribution in [2.75, 3.05) is 17.7 Å². The second-order valence-corrected chi connectivity index (χ2v) is 5.67. The molecule has 0 saturated heterocycles. The van der Waals surface area contributed by atoms with Gasteiger partial charge in [0, 0.05) is 16.6 Å². The van der Waals surface area contributed by atoms with Crippen LogP contribution in [0.4, 0.5) is 0 Å². The molecule has 7 heteroatoms. The van der Waals surface area contributed by atoms with Crippen molar-refractivity contribution < 1.29 is 4.74 Å². The number of rotatable bonds is 4. The summed E-state index contributed by atoms with van der Waals surface area (Å²) in [4.78, 5) is 0. The van der Waals surface area contributed by atoms with Crippen LogP contribution in [-0.2, 0) is 0 Å². The zero-order chi connectivity index (χ0) is 13.9. The SMILES string of the molecule is CCOc1ccc(-c2nnc3n2N=C(CBr)CS3)cc1. The predicted molar refractivity (Wildman–Crippen MR) is 84.0 cm³/mol. The minimum absolute atomic E-state index is 0.662. The fourth-order valence-corrected chi connectivity index (χ4v) is 3.25. The van der Waals surface area contributed by atoms with Crippen molar-refractivity contribution in [2.45, 2.75) is 12.1 Å². The maximum atomic E-state index is 5.44. The van der Waals surface area contributed by atoms with Crippen LogP contribution in [0.5, 0.6) is 5.75 Å². The summed E-state index contributed by atoms with van der Waals surface area (Å²) in [5.74, 6) is 2.47. The van der Waals surface area contributed by atoms with Crippen molar-refractivity contribution in [2.24, 2.45) is 5.10 Å². The lowest BCUT2D eigenvalue weighted by molar-refractivity contribution is 0.340. The number of hydrogen-bond donors (Lipinski definition) is 0. The molecule has 1 aromatic carbocycles. The summed E-state index contributed by atoms with van der Waals surface area (Å²) in [5.41, 5.74) is 2.06. The van der Waals surface area contributed by atoms with E-state index >= 15 is 0 Å². The first-order valence-corrected chi connectivity index (χ1v) is 8.36. The number of halogens is 1. The van der Waals surface area contributed by atoms with E-state index in [0.717, 1.165) is 39.1 Å². The highest BCUT2D eigenvalue weighted by molar-refractivity contribution is 9.09. The molecule has 0 atom stereocenters. The number of alkyl halides is 1. The van der Waals surface area contributed by atoms with Gasteiger partial charge in [0.15, 0.2) is 5.82 Å². The molecule has 20 heavy (non-hydrogen) atoms. The molecule has 0 unspecified atom stereocenters. The van der Waals surface area contributed by atoms with E-state index in [1.54, 1.807) is 16.4 Å². The molecular formula is C13H13BrN4OS. The van der Waals surface area contributed by atoms with Crippen molar-refractivity contribution in [3.05, 3.63) is 24.3 Å². The van der Waals surface area contributed by atoms with Crippen LogP contribution in [0.1, 0.15) is 6.92 Å². The first-order valence-electron chi connectivity index (χ1n) is 6.26. The molecule has 1 aliphatic heterocycles. The Morgan fingerprint density at radius 2 is 2.10 bits per heavy atom. The molecule has 0 fully saturated rings. The first-order chi connectivity index (χ1) is 9.81. The van der Waals surface area contributed by atoms with Gasteiger partial charge >= 0.3 is 0 Å². The lowest BCUT2D eigenvalue weighted by Crippen LogP contribution is -2.13. The number of fused-ring (bicyclic) bond motifs is 1. The quantitative estimate of drug-likeness (QED) is 0.793. The number of aromatic nitrogens is 3. The third-order valence-corrected chi connectivity index (χ3v) is 4.44. The van der Waals surface area contributed by atoms with Crippen molar-refractivity contribution in [1.82, 2.24) is 14.9 Å². The molecule has 0 amide bonds. The maximum absolute atomic E-state index is 5.44. The zero-order valence-corrected chi connectivity index (χ0v) is 13.3. The van der Waals surface area contributed by atoms with Crippen molar-refractivity contribution in [3.63, 3.8) is 0 Å². The Hall–Kier alpha value is -1.34. The maximum Gasteiger partial charge on any atom is 0.212 e. The predicted octanol–water partition coefficient (Wildman–Crippen LogP) is 3.05. The Balaban J connectivity index is 1.96. The molecule has 0 spiro atoms. The molecule has 1 aromatic heterocycles. The third kappa shape index (κ3) is 2.60. The van der Waals surface area contributed by atoms with Crippen LogP contribution in [0.3, 0.4) is 0 Å². The minimum Gasteiger partial charge on any atom is -0.494 e. The highest BCUT2D eigenvalue weighted by Crippen LogP contribution is 2.28. The van der Waals surface area contributed by atoms with E-state index < -0.39 is 0 Å². The van der Waals surface area contributed by atoms with Crippen LogP contribution in [0.2, 0.25) is 0 Å². The van der Waals surface area contributed by atoms with Crippen LogP contribution < -0.4 is 4.74 Å². The fraction of sp³-hybridized carbons (Fsp3) is 0.308. The van der Waals surface area contributed by atoms with Gasteiger partial charge in [0.1, 0.15) is 5.75 Å². The molecule has 0 radical (unpaired) electrons. The Morgan fingerprint density at radius 3 is 2.80 bits per heavy atom. The Labute approximate surface area is 129 Å². The van der Waals surface area contributed by atoms with Crippen LogP contribution in [-0.4, -0.2) is 38.3 Å². The molecule has 2 heterocycles. The largest absolute Gasteiger partial charge is 0.494 e. The fourth-order valence-electron chi connectivity index (χ4n) is 1.88. The van der Waals surface area contributed by atoms with Crippen LogP contribution in [0.25, 0.3) is 11.4 Å². The highest BCUT2D eigenvalue weighted by atomic mass is 79.9. The molecule has 0 N–H and O–H groups in total. The van der Waals surface area contributed by atoms with E-state index in [0.29, 0.717) is 6.61 Å². The highest BCUT2D eigenvalue weighted by Gasteiger charge is 2.19. The van der Waals surface area contributed by atoms with Gasteiger partial charge in [-0.2, -0.15) is 9.78 Å². The molecule has 5 nitrogen and oxygen atoms in total. The van der Waals surface area contributed by atoms with E-state index in [4.69, 9.17) is 4.74 Å². The summed E-state index contributed by atoms with van der Waals surface area (Å²) < 4.78 is 7.25. The van der Waals surface area contributed by atoms with E-state index in [2.05, 4.69) is 31.2 Å². The van der Waals surface area contributed by atoms with Gasteiger partial charge in [-0.1, -0.05) is 27.7 Å². The first kappa shape index (κ1) is 13.6. The normalized spacial score (nSPS) is 13.8. The molecule has 0 saturated carbocycles. The summed E-state index contributed by atoms with van der Waals surface area (Å²) in [6.07, 6.45) is 0. The summed E-state index contributed by atoms with van der Waals surface area (Å²) >= 11 is 5.10. The van der Waals surface area contributed by atoms with Gasteiger partial charge in [0.25, 0.3) is 0 Å². The summed E-state index contributed by atoms with van der Waals surface area (Å²) in [5, 5.41) is 14.6. The van der Waals surface area contributed by atoms with Gasteiger partial charge in [-0.05, 0) is 31.2 Å². The summed E-state index contributed by atoms with van der Waals surface area (Å²) in [6, 6.07) is 7.83. The second-order valence-electron chi connectivity index (χ2n) is 4.16. The van der Waals surface area contributed by atoms with Crippen molar-refractivity contribution >= 4 is 33.4 Å². The van der Waals surface area contributed by atoms with E-state index in [9.17, 15) is 0 Å². The van der Waals surface area contributed by atoms with Crippen molar-refractivity contribution in [1.29, 1.82) is 0 Å². The lowest BCUT2D eigenvalue weighted by Gasteiger charge is -2.12. The zero-order valence-electron chi connectivity index (χ0n) is 10.9. The number of nitrogens with zero attached hydrogens (tertiary/aromatic N) is 4. The van der Waals surface area contributed by atoms with Gasteiger partial charge in [0.05, 0.1) is 12.3 Å². The average Bonchev–Trinajstić information content (AvgIpc) is 2.91. The van der Waals surface area contributed by atoms with Crippen LogP contribution in [0.15, 0.2) is 34.5 Å². The second kappa shape index (κ2) is 5.97. The van der Waals surface area contributed by atoms with Crippen molar-refractivity contribution in [3.8, 4) is 17.1 Å². The summed E-state index contributed by atoms with van der Waals surface area (Å²) in [6.45, 7) is 2.63. The number of benzene rings is 1. The van der Waals surface area contributed by atoms with Crippen LogP contribution >= 0.6 is 27.7 Å². The standard InChI is InChI=1S/C13H13BrN4OS/c1-2-19-11-5-3-9(4-6-11)12-15-16-13-18(12)17-10(7-14)8-20-13/h3-6H,2,7-8H2,1H3. The molecule has 2 aromatic rings. The minimum atomic E-state index is 0.662. The number of ether oxygens (including phenoxy) is 1. The van der Waals surface area contributed by atoms with Gasteiger partial charge < -0.3 is 4.74 Å². The Kier molecular flexibility index (Phi) is 4.07. The van der Waals surface area contributed by atoms with E-state index in [1.807, 2.05) is 31.2 Å². The van der Waals surface area contributed by atoms with Gasteiger partial charge in [-0.3, -0.25) is 0 Å². The van der Waals surface area contributed by atoms with Crippen LogP contribution in [0, 0.1) is 0 Å². The third-order valence-electron chi connectivity index (χ3n) is 2.80. The number of thioether (sulfide) groups is 1. The lowest BCUT2D eigenvalue weighted by atomic mass is 10.2. The number of hydrogen-bond acceptors (Lipinski definition) is 5. The van der Waals surface area contributed by atoms with E-state index in [1.165, 1.54) is 0 Å². The van der Waals surface area contributed by atoms with Gasteiger partial charge in [-0.25, -0.2) is 0 Å².